The maximum atomic E-state index is 12.2. The molecular formula is C16H20N6O2. The smallest absolute Gasteiger partial charge is 0.329 e. The van der Waals surface area contributed by atoms with Crippen molar-refractivity contribution < 1.29 is 9.59 Å². The summed E-state index contributed by atoms with van der Waals surface area (Å²) in [6.07, 6.45) is 0.293. The van der Waals surface area contributed by atoms with Crippen molar-refractivity contribution >= 4 is 34.3 Å². The molecule has 2 aromatic rings. The van der Waals surface area contributed by atoms with Gasteiger partial charge in [0.05, 0.1) is 5.52 Å². The first-order chi connectivity index (χ1) is 11.6. The van der Waals surface area contributed by atoms with Crippen LogP contribution >= 0.6 is 0 Å². The number of hydrogen-bond donors (Lipinski definition) is 2. The Bertz CT molecular complexity index is 808. The summed E-state index contributed by atoms with van der Waals surface area (Å²) in [5.41, 5.74) is 2.10. The van der Waals surface area contributed by atoms with Crippen LogP contribution in [0.25, 0.3) is 10.9 Å². The van der Waals surface area contributed by atoms with E-state index in [1.807, 2.05) is 13.1 Å². The van der Waals surface area contributed by atoms with E-state index >= 15 is 0 Å². The van der Waals surface area contributed by atoms with Crippen molar-refractivity contribution in [3.05, 3.63) is 18.2 Å². The Morgan fingerprint density at radius 1 is 1.12 bits per heavy atom. The number of benzene rings is 1. The molecule has 2 N–H and O–H groups in total. The van der Waals surface area contributed by atoms with Gasteiger partial charge in [-0.2, -0.15) is 5.10 Å². The van der Waals surface area contributed by atoms with Crippen LogP contribution in [0.1, 0.15) is 6.42 Å². The molecule has 0 radical (unpaired) electrons. The van der Waals surface area contributed by atoms with E-state index in [2.05, 4.69) is 32.8 Å². The summed E-state index contributed by atoms with van der Waals surface area (Å²) in [5, 5.41) is 11.2. The van der Waals surface area contributed by atoms with Gasteiger partial charge >= 0.3 is 6.03 Å². The lowest BCUT2D eigenvalue weighted by Gasteiger charge is -2.29. The molecule has 3 heterocycles. The third-order valence-corrected chi connectivity index (χ3v) is 4.61. The molecule has 2 fully saturated rings. The van der Waals surface area contributed by atoms with Gasteiger partial charge in [0, 0.05) is 57.3 Å². The second-order valence-corrected chi connectivity index (χ2v) is 6.14. The Morgan fingerprint density at radius 2 is 1.92 bits per heavy atom. The summed E-state index contributed by atoms with van der Waals surface area (Å²) >= 11 is 0. The molecule has 2 saturated heterocycles. The van der Waals surface area contributed by atoms with Crippen LogP contribution in [0, 0.1) is 0 Å². The van der Waals surface area contributed by atoms with Crippen LogP contribution < -0.4 is 20.4 Å². The average molecular weight is 328 g/mol. The zero-order chi connectivity index (χ0) is 16.7. The van der Waals surface area contributed by atoms with Crippen LogP contribution in [0.15, 0.2) is 18.2 Å². The minimum Gasteiger partial charge on any atom is -0.369 e. The Morgan fingerprint density at radius 3 is 2.67 bits per heavy atom. The van der Waals surface area contributed by atoms with Crippen molar-refractivity contribution in [2.24, 2.45) is 7.05 Å². The van der Waals surface area contributed by atoms with Crippen LogP contribution in [0.5, 0.6) is 0 Å². The minimum atomic E-state index is -0.404. The molecule has 0 spiro atoms. The van der Waals surface area contributed by atoms with E-state index in [1.54, 1.807) is 9.58 Å². The third-order valence-electron chi connectivity index (χ3n) is 4.61. The van der Waals surface area contributed by atoms with Crippen molar-refractivity contribution in [3.63, 3.8) is 0 Å². The number of imide groups is 1. The highest BCUT2D eigenvalue weighted by molar-refractivity contribution is 6.09. The van der Waals surface area contributed by atoms with E-state index in [0.29, 0.717) is 18.8 Å². The number of carbonyl (C=O) groups excluding carboxylic acids is 2. The molecule has 2 aliphatic heterocycles. The fourth-order valence-electron chi connectivity index (χ4n) is 3.32. The highest BCUT2D eigenvalue weighted by atomic mass is 16.2. The number of rotatable bonds is 2. The summed E-state index contributed by atoms with van der Waals surface area (Å²) in [7, 11) is 1.86. The number of fused-ring (bicyclic) bond motifs is 1. The number of carbonyl (C=O) groups is 2. The van der Waals surface area contributed by atoms with Crippen molar-refractivity contribution in [2.45, 2.75) is 6.42 Å². The fraction of sp³-hybridized carbons (Fsp3) is 0.438. The summed E-state index contributed by atoms with van der Waals surface area (Å²) in [6.45, 7) is 4.21. The topological polar surface area (TPSA) is 82.5 Å². The SMILES string of the molecule is Cn1nc(N2CCC(=O)NC2=O)c2cc(N3CCNCC3)ccc21. The lowest BCUT2D eigenvalue weighted by Crippen LogP contribution is -2.49. The van der Waals surface area contributed by atoms with Crippen LogP contribution in [0.2, 0.25) is 0 Å². The van der Waals surface area contributed by atoms with E-state index in [4.69, 9.17) is 0 Å². The van der Waals surface area contributed by atoms with Gasteiger partial charge in [-0.3, -0.25) is 19.7 Å². The Balaban J connectivity index is 1.75. The zero-order valence-corrected chi connectivity index (χ0v) is 13.6. The van der Waals surface area contributed by atoms with Gasteiger partial charge in [0.1, 0.15) is 0 Å². The zero-order valence-electron chi connectivity index (χ0n) is 13.6. The molecule has 3 amide bonds. The largest absolute Gasteiger partial charge is 0.369 e. The summed E-state index contributed by atoms with van der Waals surface area (Å²) in [6, 6.07) is 5.82. The van der Waals surface area contributed by atoms with Gasteiger partial charge in [-0.25, -0.2) is 4.79 Å². The molecular weight excluding hydrogens is 308 g/mol. The molecule has 1 aromatic heterocycles. The third kappa shape index (κ3) is 2.48. The lowest BCUT2D eigenvalue weighted by atomic mass is 10.1. The molecule has 8 nitrogen and oxygen atoms in total. The number of hydrogen-bond acceptors (Lipinski definition) is 5. The predicted octanol–water partition coefficient (Wildman–Crippen LogP) is 0.429. The van der Waals surface area contributed by atoms with Gasteiger partial charge in [0.2, 0.25) is 5.91 Å². The Hall–Kier alpha value is -2.61. The number of nitrogens with one attached hydrogen (secondary N) is 2. The molecule has 0 aliphatic carbocycles. The van der Waals surface area contributed by atoms with Crippen LogP contribution in [-0.4, -0.2) is 54.4 Å². The second-order valence-electron chi connectivity index (χ2n) is 6.14. The molecule has 0 unspecified atom stereocenters. The molecule has 0 bridgehead atoms. The number of piperazine rings is 1. The highest BCUT2D eigenvalue weighted by Crippen LogP contribution is 2.30. The van der Waals surface area contributed by atoms with E-state index in [1.165, 1.54) is 0 Å². The summed E-state index contributed by atoms with van der Waals surface area (Å²) in [4.78, 5) is 27.4. The fourth-order valence-corrected chi connectivity index (χ4v) is 3.32. The van der Waals surface area contributed by atoms with Crippen LogP contribution in [0.3, 0.4) is 0 Å². The number of aryl methyl sites for hydroxylation is 1. The number of urea groups is 1. The molecule has 0 saturated carbocycles. The van der Waals surface area contributed by atoms with E-state index in [9.17, 15) is 9.59 Å². The molecule has 4 rings (SSSR count). The van der Waals surface area contributed by atoms with Gasteiger partial charge < -0.3 is 10.2 Å². The first-order valence-corrected chi connectivity index (χ1v) is 8.17. The number of anilines is 2. The quantitative estimate of drug-likeness (QED) is 0.835. The van der Waals surface area contributed by atoms with E-state index in [-0.39, 0.29) is 5.91 Å². The number of amides is 3. The van der Waals surface area contributed by atoms with Crippen LogP contribution in [0.4, 0.5) is 16.3 Å². The highest BCUT2D eigenvalue weighted by Gasteiger charge is 2.28. The monoisotopic (exact) mass is 328 g/mol. The molecule has 2 aliphatic rings. The first kappa shape index (κ1) is 14.9. The predicted molar refractivity (Wildman–Crippen MR) is 91.3 cm³/mol. The molecule has 8 heteroatoms. The van der Waals surface area contributed by atoms with Crippen molar-refractivity contribution in [1.82, 2.24) is 20.4 Å². The Kier molecular flexibility index (Phi) is 3.61. The van der Waals surface area contributed by atoms with E-state index < -0.39 is 6.03 Å². The second kappa shape index (κ2) is 5.79. The summed E-state index contributed by atoms with van der Waals surface area (Å²) < 4.78 is 1.77. The minimum absolute atomic E-state index is 0.238. The average Bonchev–Trinajstić information content (AvgIpc) is 2.92. The maximum absolute atomic E-state index is 12.2. The molecule has 24 heavy (non-hydrogen) atoms. The van der Waals surface area contributed by atoms with Gasteiger partial charge in [-0.15, -0.1) is 0 Å². The molecule has 1 aromatic carbocycles. The Labute approximate surface area is 139 Å². The number of nitrogens with zero attached hydrogens (tertiary/aromatic N) is 4. The maximum Gasteiger partial charge on any atom is 0.329 e. The molecule has 126 valence electrons. The lowest BCUT2D eigenvalue weighted by molar-refractivity contribution is -0.120. The normalized spacial score (nSPS) is 19.0. The van der Waals surface area contributed by atoms with Gasteiger partial charge in [0.15, 0.2) is 5.82 Å². The van der Waals surface area contributed by atoms with Gasteiger partial charge in [-0.05, 0) is 18.2 Å². The van der Waals surface area contributed by atoms with Crippen molar-refractivity contribution in [1.29, 1.82) is 0 Å². The molecule has 0 atom stereocenters. The van der Waals surface area contributed by atoms with Crippen molar-refractivity contribution in [3.8, 4) is 0 Å². The summed E-state index contributed by atoms with van der Waals surface area (Å²) in [5.74, 6) is 0.368. The first-order valence-electron chi connectivity index (χ1n) is 8.17. The van der Waals surface area contributed by atoms with Crippen LogP contribution in [-0.2, 0) is 11.8 Å². The standard InChI is InChI=1S/C16H20N6O2/c1-20-13-3-2-11(21-8-5-17-6-9-21)10-12(13)15(19-20)22-7-4-14(23)18-16(22)24/h2-3,10,17H,4-9H2,1H3,(H,18,23,24). The number of aromatic nitrogens is 2. The van der Waals surface area contributed by atoms with Crippen molar-refractivity contribution in [2.75, 3.05) is 42.5 Å². The van der Waals surface area contributed by atoms with Gasteiger partial charge in [0.25, 0.3) is 0 Å². The van der Waals surface area contributed by atoms with E-state index in [0.717, 1.165) is 42.8 Å². The van der Waals surface area contributed by atoms with Gasteiger partial charge in [-0.1, -0.05) is 0 Å².